The summed E-state index contributed by atoms with van der Waals surface area (Å²) < 4.78 is 10.1. The van der Waals surface area contributed by atoms with Crippen LogP contribution in [0.3, 0.4) is 0 Å². The smallest absolute Gasteiger partial charge is 0.241 e. The topological polar surface area (TPSA) is 76.5 Å². The van der Waals surface area contributed by atoms with E-state index in [-0.39, 0.29) is 11.4 Å². The van der Waals surface area contributed by atoms with Crippen LogP contribution in [0, 0.1) is 0 Å². The van der Waals surface area contributed by atoms with E-state index in [1.54, 1.807) is 0 Å². The van der Waals surface area contributed by atoms with Gasteiger partial charge in [-0.1, -0.05) is 0 Å². The van der Waals surface area contributed by atoms with E-state index >= 15 is 0 Å². The average Bonchev–Trinajstić information content (AvgIpc) is 2.34. The summed E-state index contributed by atoms with van der Waals surface area (Å²) in [6.07, 6.45) is 0.676. The Morgan fingerprint density at radius 3 is 2.50 bits per heavy atom. The molecule has 102 valence electrons. The summed E-state index contributed by atoms with van der Waals surface area (Å²) in [7, 11) is 2.98. The fourth-order valence-corrected chi connectivity index (χ4v) is 1.34. The van der Waals surface area contributed by atoms with Crippen molar-refractivity contribution in [3.63, 3.8) is 0 Å². The molecule has 2 N–H and O–H groups in total. The van der Waals surface area contributed by atoms with E-state index in [2.05, 4.69) is 15.3 Å². The van der Waals surface area contributed by atoms with E-state index in [1.807, 2.05) is 20.8 Å². The Morgan fingerprint density at radius 1 is 1.33 bits per heavy atom. The minimum atomic E-state index is -0.780. The van der Waals surface area contributed by atoms with Crippen LogP contribution in [-0.4, -0.2) is 41.4 Å². The second kappa shape index (κ2) is 5.97. The monoisotopic (exact) mass is 255 g/mol. The SMILES string of the molecule is COc1cnc(C(O)CNC(C)(C)C)c(OC)n1. The molecule has 0 aliphatic heterocycles. The Bertz CT molecular complexity index is 391. The molecule has 6 heteroatoms. The van der Waals surface area contributed by atoms with Gasteiger partial charge in [-0.3, -0.25) is 0 Å². The Morgan fingerprint density at radius 2 is 2.00 bits per heavy atom. The van der Waals surface area contributed by atoms with Gasteiger partial charge in [-0.05, 0) is 20.8 Å². The van der Waals surface area contributed by atoms with Crippen LogP contribution in [0.2, 0.25) is 0 Å². The van der Waals surface area contributed by atoms with Gasteiger partial charge < -0.3 is 19.9 Å². The van der Waals surface area contributed by atoms with Crippen LogP contribution in [0.25, 0.3) is 0 Å². The molecule has 1 heterocycles. The Hall–Kier alpha value is -1.40. The lowest BCUT2D eigenvalue weighted by molar-refractivity contribution is 0.153. The summed E-state index contributed by atoms with van der Waals surface area (Å²) in [4.78, 5) is 8.20. The van der Waals surface area contributed by atoms with E-state index in [0.29, 0.717) is 18.1 Å². The first-order chi connectivity index (χ1) is 8.37. The molecule has 0 bridgehead atoms. The molecule has 1 atom stereocenters. The van der Waals surface area contributed by atoms with Crippen molar-refractivity contribution in [1.82, 2.24) is 15.3 Å². The Kier molecular flexibility index (Phi) is 4.86. The largest absolute Gasteiger partial charge is 0.480 e. The van der Waals surface area contributed by atoms with Crippen LogP contribution in [-0.2, 0) is 0 Å². The van der Waals surface area contributed by atoms with E-state index in [0.717, 1.165) is 0 Å². The zero-order valence-corrected chi connectivity index (χ0v) is 11.5. The summed E-state index contributed by atoms with van der Waals surface area (Å²) in [5, 5.41) is 13.3. The number of hydrogen-bond donors (Lipinski definition) is 2. The van der Waals surface area contributed by atoms with E-state index in [1.165, 1.54) is 20.4 Å². The second-order valence-electron chi connectivity index (χ2n) is 4.95. The number of ether oxygens (including phenoxy) is 2. The van der Waals surface area contributed by atoms with Gasteiger partial charge in [0.1, 0.15) is 11.8 Å². The van der Waals surface area contributed by atoms with Crippen LogP contribution in [0.1, 0.15) is 32.6 Å². The molecule has 6 nitrogen and oxygen atoms in total. The molecular formula is C12H21N3O3. The van der Waals surface area contributed by atoms with Crippen molar-refractivity contribution in [2.75, 3.05) is 20.8 Å². The molecule has 0 saturated heterocycles. The Labute approximate surface area is 107 Å². The van der Waals surface area contributed by atoms with Crippen molar-refractivity contribution < 1.29 is 14.6 Å². The summed E-state index contributed by atoms with van der Waals surface area (Å²) in [6, 6.07) is 0. The molecule has 1 rings (SSSR count). The molecule has 0 aliphatic carbocycles. The number of rotatable bonds is 5. The zero-order chi connectivity index (χ0) is 13.8. The van der Waals surface area contributed by atoms with Gasteiger partial charge in [-0.15, -0.1) is 0 Å². The molecule has 1 unspecified atom stereocenters. The number of aliphatic hydroxyl groups excluding tert-OH is 1. The average molecular weight is 255 g/mol. The molecule has 0 radical (unpaired) electrons. The Balaban J connectivity index is 2.81. The fourth-order valence-electron chi connectivity index (χ4n) is 1.34. The first-order valence-electron chi connectivity index (χ1n) is 5.75. The van der Waals surface area contributed by atoms with Gasteiger partial charge >= 0.3 is 0 Å². The lowest BCUT2D eigenvalue weighted by atomic mass is 10.1. The van der Waals surface area contributed by atoms with E-state index in [9.17, 15) is 5.11 Å². The molecule has 0 saturated carbocycles. The number of β-amino-alcohol motifs (C(OH)–C–C–N with tert-alkyl or cyclic N) is 1. The molecule has 1 aromatic heterocycles. The summed E-state index contributed by atoms with van der Waals surface area (Å²) in [5.74, 6) is 0.629. The molecule has 0 aliphatic rings. The van der Waals surface area contributed by atoms with Crippen molar-refractivity contribution in [3.05, 3.63) is 11.9 Å². The number of nitrogens with one attached hydrogen (secondary N) is 1. The fraction of sp³-hybridized carbons (Fsp3) is 0.667. The van der Waals surface area contributed by atoms with Gasteiger partial charge in [0.25, 0.3) is 0 Å². The molecule has 18 heavy (non-hydrogen) atoms. The third-order valence-corrected chi connectivity index (χ3v) is 2.29. The van der Waals surface area contributed by atoms with Crippen LogP contribution in [0.15, 0.2) is 6.20 Å². The highest BCUT2D eigenvalue weighted by atomic mass is 16.5. The maximum absolute atomic E-state index is 10.1. The standard InChI is InChI=1S/C12H21N3O3/c1-12(2,3)14-6-8(16)10-11(18-5)15-9(17-4)7-13-10/h7-8,14,16H,6H2,1-5H3. The second-order valence-corrected chi connectivity index (χ2v) is 4.95. The third kappa shape index (κ3) is 4.12. The van der Waals surface area contributed by atoms with Crippen molar-refractivity contribution in [2.24, 2.45) is 0 Å². The van der Waals surface area contributed by atoms with Gasteiger partial charge in [0.15, 0.2) is 0 Å². The highest BCUT2D eigenvalue weighted by Crippen LogP contribution is 2.22. The summed E-state index contributed by atoms with van der Waals surface area (Å²) >= 11 is 0. The minimum Gasteiger partial charge on any atom is -0.480 e. The third-order valence-electron chi connectivity index (χ3n) is 2.29. The summed E-state index contributed by atoms with van der Waals surface area (Å²) in [5.41, 5.74) is 0.323. The van der Waals surface area contributed by atoms with Crippen molar-refractivity contribution >= 4 is 0 Å². The molecule has 0 amide bonds. The van der Waals surface area contributed by atoms with Crippen LogP contribution in [0.5, 0.6) is 11.8 Å². The first kappa shape index (κ1) is 14.7. The van der Waals surface area contributed by atoms with Crippen molar-refractivity contribution in [1.29, 1.82) is 0 Å². The lowest BCUT2D eigenvalue weighted by Gasteiger charge is -2.23. The van der Waals surface area contributed by atoms with Gasteiger partial charge in [0.05, 0.1) is 20.4 Å². The predicted molar refractivity (Wildman–Crippen MR) is 67.9 cm³/mol. The molecule has 0 fully saturated rings. The number of aliphatic hydroxyl groups is 1. The quantitative estimate of drug-likeness (QED) is 0.814. The lowest BCUT2D eigenvalue weighted by Crippen LogP contribution is -2.38. The van der Waals surface area contributed by atoms with Crippen LogP contribution >= 0.6 is 0 Å². The molecule has 1 aromatic rings. The predicted octanol–water partition coefficient (Wildman–Crippen LogP) is 0.915. The number of hydrogen-bond acceptors (Lipinski definition) is 6. The highest BCUT2D eigenvalue weighted by Gasteiger charge is 2.19. The van der Waals surface area contributed by atoms with Crippen LogP contribution in [0.4, 0.5) is 0 Å². The van der Waals surface area contributed by atoms with E-state index < -0.39 is 6.10 Å². The summed E-state index contributed by atoms with van der Waals surface area (Å²) in [6.45, 7) is 6.45. The van der Waals surface area contributed by atoms with E-state index in [4.69, 9.17) is 9.47 Å². The normalized spacial score (nSPS) is 13.2. The molecule has 0 aromatic carbocycles. The zero-order valence-electron chi connectivity index (χ0n) is 11.5. The van der Waals surface area contributed by atoms with Crippen molar-refractivity contribution in [2.45, 2.75) is 32.4 Å². The first-order valence-corrected chi connectivity index (χ1v) is 5.75. The number of nitrogens with zero attached hydrogens (tertiary/aromatic N) is 2. The maximum Gasteiger partial charge on any atom is 0.241 e. The van der Waals surface area contributed by atoms with Crippen LogP contribution < -0.4 is 14.8 Å². The number of methoxy groups -OCH3 is 2. The van der Waals surface area contributed by atoms with Gasteiger partial charge in [0.2, 0.25) is 11.8 Å². The maximum atomic E-state index is 10.1. The molecular weight excluding hydrogens is 234 g/mol. The van der Waals surface area contributed by atoms with Gasteiger partial charge in [-0.25, -0.2) is 4.98 Å². The minimum absolute atomic E-state index is 0.0753. The highest BCUT2D eigenvalue weighted by molar-refractivity contribution is 5.24. The van der Waals surface area contributed by atoms with Gasteiger partial charge in [0, 0.05) is 12.1 Å². The van der Waals surface area contributed by atoms with Crippen molar-refractivity contribution in [3.8, 4) is 11.8 Å². The van der Waals surface area contributed by atoms with Gasteiger partial charge in [-0.2, -0.15) is 4.98 Å². The number of aromatic nitrogens is 2. The molecule has 0 spiro atoms.